The number of nitrogens with one attached hydrogen (secondary N) is 1. The van der Waals surface area contributed by atoms with Crippen LogP contribution in [0, 0.1) is 5.41 Å². The fraction of sp³-hybridized carbons (Fsp3) is 0.455. The minimum Gasteiger partial charge on any atom is -0.489 e. The first-order valence-corrected chi connectivity index (χ1v) is 9.51. The second-order valence-corrected chi connectivity index (χ2v) is 7.59. The van der Waals surface area contributed by atoms with Gasteiger partial charge in [-0.2, -0.15) is 0 Å². The van der Waals surface area contributed by atoms with Crippen molar-refractivity contribution in [1.82, 2.24) is 10.2 Å². The zero-order chi connectivity index (χ0) is 17.0. The van der Waals surface area contributed by atoms with E-state index >= 15 is 0 Å². The first kappa shape index (κ1) is 16.6. The van der Waals surface area contributed by atoms with Crippen molar-refractivity contribution >= 4 is 0 Å². The predicted molar refractivity (Wildman–Crippen MR) is 102 cm³/mol. The Hall–Kier alpha value is -1.84. The molecule has 0 bridgehead atoms. The van der Waals surface area contributed by atoms with Gasteiger partial charge in [0.1, 0.15) is 12.4 Å². The lowest BCUT2D eigenvalue weighted by molar-refractivity contribution is 0.192. The van der Waals surface area contributed by atoms with Crippen LogP contribution in [0.2, 0.25) is 0 Å². The summed E-state index contributed by atoms with van der Waals surface area (Å²) in [7, 11) is 0. The highest BCUT2D eigenvalue weighted by Crippen LogP contribution is 2.39. The Bertz CT molecular complexity index is 679. The molecule has 0 atom stereocenters. The molecule has 3 nitrogen and oxygen atoms in total. The van der Waals surface area contributed by atoms with Gasteiger partial charge < -0.3 is 10.1 Å². The molecule has 4 rings (SSSR count). The smallest absolute Gasteiger partial charge is 0.124 e. The van der Waals surface area contributed by atoms with Gasteiger partial charge in [0.25, 0.3) is 0 Å². The average Bonchev–Trinajstić information content (AvgIpc) is 3.04. The van der Waals surface area contributed by atoms with Crippen LogP contribution >= 0.6 is 0 Å². The minimum atomic E-state index is 0.561. The van der Waals surface area contributed by atoms with Gasteiger partial charge >= 0.3 is 0 Å². The molecule has 1 N–H and O–H groups in total. The number of piperidine rings is 1. The lowest BCUT2D eigenvalue weighted by atomic mass is 9.78. The molecule has 2 fully saturated rings. The van der Waals surface area contributed by atoms with Gasteiger partial charge in [-0.15, -0.1) is 0 Å². The largest absolute Gasteiger partial charge is 0.489 e. The normalized spacial score (nSPS) is 20.0. The summed E-state index contributed by atoms with van der Waals surface area (Å²) >= 11 is 0. The molecule has 2 heterocycles. The lowest BCUT2D eigenvalue weighted by Crippen LogP contribution is -2.38. The third kappa shape index (κ3) is 4.05. The van der Waals surface area contributed by atoms with Gasteiger partial charge in [0.2, 0.25) is 0 Å². The molecule has 0 amide bonds. The molecule has 0 aliphatic carbocycles. The summed E-state index contributed by atoms with van der Waals surface area (Å²) in [4.78, 5) is 2.62. The van der Waals surface area contributed by atoms with Crippen molar-refractivity contribution in [3.8, 4) is 5.75 Å². The van der Waals surface area contributed by atoms with Crippen molar-refractivity contribution in [3.05, 3.63) is 65.7 Å². The van der Waals surface area contributed by atoms with E-state index in [1.54, 1.807) is 0 Å². The van der Waals surface area contributed by atoms with Crippen LogP contribution in [-0.2, 0) is 13.2 Å². The van der Waals surface area contributed by atoms with Gasteiger partial charge in [0.15, 0.2) is 0 Å². The molecule has 1 spiro atoms. The van der Waals surface area contributed by atoms with Gasteiger partial charge in [-0.25, -0.2) is 0 Å². The number of ether oxygens (including phenoxy) is 1. The summed E-state index contributed by atoms with van der Waals surface area (Å²) in [5.74, 6) is 1.03. The molecule has 3 heteroatoms. The summed E-state index contributed by atoms with van der Waals surface area (Å²) in [6.07, 6.45) is 4.01. The maximum atomic E-state index is 6.13. The van der Waals surface area contributed by atoms with Gasteiger partial charge in [-0.1, -0.05) is 48.5 Å². The van der Waals surface area contributed by atoms with Crippen LogP contribution in [0.3, 0.4) is 0 Å². The van der Waals surface area contributed by atoms with E-state index in [1.165, 1.54) is 56.6 Å². The topological polar surface area (TPSA) is 24.5 Å². The molecule has 2 saturated heterocycles. The first-order valence-electron chi connectivity index (χ1n) is 9.51. The summed E-state index contributed by atoms with van der Waals surface area (Å²) in [5, 5.41) is 3.50. The van der Waals surface area contributed by atoms with Gasteiger partial charge in [0, 0.05) is 18.7 Å². The number of hydrogen-bond donors (Lipinski definition) is 1. The summed E-state index contributed by atoms with van der Waals surface area (Å²) in [5.41, 5.74) is 3.09. The molecule has 2 aliphatic heterocycles. The third-order valence-corrected chi connectivity index (χ3v) is 5.79. The van der Waals surface area contributed by atoms with E-state index in [2.05, 4.69) is 58.7 Å². The second-order valence-electron chi connectivity index (χ2n) is 7.59. The van der Waals surface area contributed by atoms with Crippen molar-refractivity contribution in [2.75, 3.05) is 26.2 Å². The highest BCUT2D eigenvalue weighted by molar-refractivity contribution is 5.33. The third-order valence-electron chi connectivity index (χ3n) is 5.79. The highest BCUT2D eigenvalue weighted by atomic mass is 16.5. The molecule has 25 heavy (non-hydrogen) atoms. The molecule has 2 aromatic carbocycles. The van der Waals surface area contributed by atoms with Crippen LogP contribution in [0.4, 0.5) is 0 Å². The monoisotopic (exact) mass is 336 g/mol. The Labute approximate surface area is 151 Å². The van der Waals surface area contributed by atoms with Crippen molar-refractivity contribution in [2.24, 2.45) is 5.41 Å². The zero-order valence-corrected chi connectivity index (χ0v) is 14.9. The Morgan fingerprint density at radius 1 is 0.920 bits per heavy atom. The van der Waals surface area contributed by atoms with E-state index < -0.39 is 0 Å². The standard InChI is InChI=1S/C22H28N2O/c1-2-6-19(7-3-1)17-25-21-9-5-4-8-20(21)16-24-15-12-22(18-24)10-13-23-14-11-22/h1-9,23H,10-18H2. The molecule has 0 aromatic heterocycles. The molecular formula is C22H28N2O. The Morgan fingerprint density at radius 3 is 2.52 bits per heavy atom. The molecule has 0 unspecified atom stereocenters. The zero-order valence-electron chi connectivity index (χ0n) is 14.9. The van der Waals surface area contributed by atoms with Gasteiger partial charge in [-0.3, -0.25) is 4.90 Å². The van der Waals surface area contributed by atoms with Crippen LogP contribution in [0.25, 0.3) is 0 Å². The SMILES string of the molecule is c1ccc(COc2ccccc2CN2CCC3(CCNCC3)C2)cc1. The number of likely N-dealkylation sites (tertiary alicyclic amines) is 1. The van der Waals surface area contributed by atoms with Crippen LogP contribution in [-0.4, -0.2) is 31.1 Å². The van der Waals surface area contributed by atoms with Gasteiger partial charge in [0.05, 0.1) is 0 Å². The number of rotatable bonds is 5. The maximum absolute atomic E-state index is 6.13. The second kappa shape index (κ2) is 7.59. The predicted octanol–water partition coefficient (Wildman–Crippen LogP) is 3.84. The van der Waals surface area contributed by atoms with Crippen molar-refractivity contribution in [1.29, 1.82) is 0 Å². The van der Waals surface area contributed by atoms with Crippen LogP contribution in [0.15, 0.2) is 54.6 Å². The fourth-order valence-electron chi connectivity index (χ4n) is 4.28. The summed E-state index contributed by atoms with van der Waals surface area (Å²) < 4.78 is 6.13. The van der Waals surface area contributed by atoms with E-state index in [-0.39, 0.29) is 0 Å². The van der Waals surface area contributed by atoms with Crippen LogP contribution in [0.5, 0.6) is 5.75 Å². The van der Waals surface area contributed by atoms with E-state index in [0.717, 1.165) is 12.3 Å². The van der Waals surface area contributed by atoms with Crippen LogP contribution in [0.1, 0.15) is 30.4 Å². The van der Waals surface area contributed by atoms with E-state index in [4.69, 9.17) is 4.74 Å². The summed E-state index contributed by atoms with van der Waals surface area (Å²) in [6, 6.07) is 18.9. The Kier molecular flexibility index (Phi) is 5.04. The fourth-order valence-corrected chi connectivity index (χ4v) is 4.28. The maximum Gasteiger partial charge on any atom is 0.124 e. The molecule has 0 saturated carbocycles. The molecule has 2 aromatic rings. The molecule has 0 radical (unpaired) electrons. The van der Waals surface area contributed by atoms with Crippen molar-refractivity contribution in [3.63, 3.8) is 0 Å². The van der Waals surface area contributed by atoms with Crippen molar-refractivity contribution in [2.45, 2.75) is 32.4 Å². The van der Waals surface area contributed by atoms with E-state index in [1.807, 2.05) is 6.07 Å². The molecule has 2 aliphatic rings. The first-order chi connectivity index (χ1) is 12.3. The number of nitrogens with zero attached hydrogens (tertiary/aromatic N) is 1. The lowest BCUT2D eigenvalue weighted by Gasteiger charge is -2.34. The van der Waals surface area contributed by atoms with E-state index in [9.17, 15) is 0 Å². The van der Waals surface area contributed by atoms with E-state index in [0.29, 0.717) is 12.0 Å². The van der Waals surface area contributed by atoms with Crippen LogP contribution < -0.4 is 10.1 Å². The van der Waals surface area contributed by atoms with Gasteiger partial charge in [-0.05, 0) is 55.9 Å². The average molecular weight is 336 g/mol. The Balaban J connectivity index is 1.39. The molecular weight excluding hydrogens is 308 g/mol. The summed E-state index contributed by atoms with van der Waals surface area (Å²) in [6.45, 7) is 6.46. The molecule has 132 valence electrons. The highest BCUT2D eigenvalue weighted by Gasteiger charge is 2.38. The number of para-hydroxylation sites is 1. The quantitative estimate of drug-likeness (QED) is 0.898. The number of hydrogen-bond acceptors (Lipinski definition) is 3. The number of benzene rings is 2. The van der Waals surface area contributed by atoms with Crippen molar-refractivity contribution < 1.29 is 4.74 Å². The minimum absolute atomic E-state index is 0.561. The Morgan fingerprint density at radius 2 is 1.68 bits per heavy atom.